The number of nitrogens with two attached hydrogens (primary N) is 1. The minimum atomic E-state index is -0.189. The second-order valence-electron chi connectivity index (χ2n) is 3.92. The molecule has 3 N–H and O–H groups in total. The van der Waals surface area contributed by atoms with Crippen molar-refractivity contribution < 1.29 is 4.42 Å². The van der Waals surface area contributed by atoms with Crippen LogP contribution in [0.3, 0.4) is 0 Å². The van der Waals surface area contributed by atoms with Gasteiger partial charge in [-0.15, -0.1) is 0 Å². The topological polar surface area (TPSA) is 77.0 Å². The van der Waals surface area contributed by atoms with Crippen molar-refractivity contribution in [2.45, 2.75) is 6.04 Å². The molecule has 2 heterocycles. The van der Waals surface area contributed by atoms with Crippen molar-refractivity contribution in [3.05, 3.63) is 60.3 Å². The number of hydrogen-bond donors (Lipinski definition) is 2. The molecule has 1 unspecified atom stereocenters. The molecule has 0 spiro atoms. The number of hydrogen-bond acceptors (Lipinski definition) is 5. The fourth-order valence-electron chi connectivity index (χ4n) is 1.96. The highest BCUT2D eigenvalue weighted by Crippen LogP contribution is 2.23. The average Bonchev–Trinajstić information content (AvgIpc) is 2.93. The lowest BCUT2D eigenvalue weighted by Crippen LogP contribution is -2.28. The molecule has 0 fully saturated rings. The van der Waals surface area contributed by atoms with Gasteiger partial charge in [-0.3, -0.25) is 15.8 Å². The molecule has 2 aromatic heterocycles. The van der Waals surface area contributed by atoms with Gasteiger partial charge < -0.3 is 4.42 Å². The number of benzene rings is 1. The fourth-order valence-corrected chi connectivity index (χ4v) is 1.96. The molecule has 0 amide bonds. The highest BCUT2D eigenvalue weighted by Gasteiger charge is 2.15. The van der Waals surface area contributed by atoms with E-state index in [4.69, 9.17) is 10.3 Å². The molecule has 0 saturated carbocycles. The van der Waals surface area contributed by atoms with Crippen molar-refractivity contribution in [1.82, 2.24) is 15.4 Å². The normalized spacial score (nSPS) is 12.7. The van der Waals surface area contributed by atoms with E-state index in [9.17, 15) is 0 Å². The van der Waals surface area contributed by atoms with Gasteiger partial charge in [0.25, 0.3) is 0 Å². The number of rotatable bonds is 3. The van der Waals surface area contributed by atoms with Crippen molar-refractivity contribution in [2.24, 2.45) is 5.84 Å². The summed E-state index contributed by atoms with van der Waals surface area (Å²) in [6.07, 6.45) is 4.97. The minimum absolute atomic E-state index is 0.189. The van der Waals surface area contributed by atoms with Crippen molar-refractivity contribution in [3.8, 4) is 0 Å². The third-order valence-corrected chi connectivity index (χ3v) is 2.82. The second kappa shape index (κ2) is 4.56. The summed E-state index contributed by atoms with van der Waals surface area (Å²) in [6, 6.07) is 9.36. The summed E-state index contributed by atoms with van der Waals surface area (Å²) in [5, 5.41) is 0. The zero-order valence-corrected chi connectivity index (χ0v) is 9.58. The highest BCUT2D eigenvalue weighted by molar-refractivity contribution is 5.74. The molecule has 5 heteroatoms. The minimum Gasteiger partial charge on any atom is -0.467 e. The van der Waals surface area contributed by atoms with E-state index in [2.05, 4.69) is 15.4 Å². The maximum Gasteiger partial charge on any atom is 0.126 e. The Hall–Kier alpha value is -2.24. The Bertz CT molecular complexity index is 651. The SMILES string of the molecule is NNC(c1ccc2nccnc2c1)c1ccco1. The first-order valence-corrected chi connectivity index (χ1v) is 5.58. The van der Waals surface area contributed by atoms with E-state index in [-0.39, 0.29) is 6.04 Å². The molecular formula is C13H12N4O. The van der Waals surface area contributed by atoms with Crippen LogP contribution in [0.25, 0.3) is 11.0 Å². The van der Waals surface area contributed by atoms with Gasteiger partial charge in [0, 0.05) is 12.4 Å². The van der Waals surface area contributed by atoms with Gasteiger partial charge in [-0.25, -0.2) is 5.43 Å². The maximum atomic E-state index is 5.59. The Kier molecular flexibility index (Phi) is 2.76. The van der Waals surface area contributed by atoms with Crippen LogP contribution in [-0.4, -0.2) is 9.97 Å². The predicted molar refractivity (Wildman–Crippen MR) is 67.4 cm³/mol. The highest BCUT2D eigenvalue weighted by atomic mass is 16.3. The third kappa shape index (κ3) is 1.85. The van der Waals surface area contributed by atoms with E-state index >= 15 is 0 Å². The van der Waals surface area contributed by atoms with Gasteiger partial charge in [-0.2, -0.15) is 0 Å². The predicted octanol–water partition coefficient (Wildman–Crippen LogP) is 1.78. The van der Waals surface area contributed by atoms with Crippen LogP contribution >= 0.6 is 0 Å². The van der Waals surface area contributed by atoms with Crippen LogP contribution < -0.4 is 11.3 Å². The van der Waals surface area contributed by atoms with Gasteiger partial charge in [0.15, 0.2) is 0 Å². The molecule has 0 aliphatic rings. The Morgan fingerprint density at radius 1 is 1.11 bits per heavy atom. The van der Waals surface area contributed by atoms with E-state index < -0.39 is 0 Å². The van der Waals surface area contributed by atoms with Crippen LogP contribution in [-0.2, 0) is 0 Å². The number of fused-ring (bicyclic) bond motifs is 1. The third-order valence-electron chi connectivity index (χ3n) is 2.82. The average molecular weight is 240 g/mol. The maximum absolute atomic E-state index is 5.59. The van der Waals surface area contributed by atoms with E-state index in [0.717, 1.165) is 22.4 Å². The molecule has 0 bridgehead atoms. The van der Waals surface area contributed by atoms with Gasteiger partial charge in [0.2, 0.25) is 0 Å². The van der Waals surface area contributed by atoms with Crippen LogP contribution in [0.5, 0.6) is 0 Å². The van der Waals surface area contributed by atoms with E-state index in [1.54, 1.807) is 18.7 Å². The number of hydrazine groups is 1. The van der Waals surface area contributed by atoms with Crippen molar-refractivity contribution >= 4 is 11.0 Å². The molecule has 3 rings (SSSR count). The zero-order valence-electron chi connectivity index (χ0n) is 9.58. The largest absolute Gasteiger partial charge is 0.467 e. The van der Waals surface area contributed by atoms with Gasteiger partial charge in [0.05, 0.1) is 17.3 Å². The first kappa shape index (κ1) is 10.9. The summed E-state index contributed by atoms with van der Waals surface area (Å²) in [4.78, 5) is 8.51. The van der Waals surface area contributed by atoms with Gasteiger partial charge >= 0.3 is 0 Å². The Morgan fingerprint density at radius 2 is 1.94 bits per heavy atom. The standard InChI is InChI=1S/C13H12N4O/c14-17-13(12-2-1-7-18-12)9-3-4-10-11(8-9)16-6-5-15-10/h1-8,13,17H,14H2. The van der Waals surface area contributed by atoms with Crippen LogP contribution in [0.2, 0.25) is 0 Å². The molecular weight excluding hydrogens is 228 g/mol. The number of nitrogens with one attached hydrogen (secondary N) is 1. The quantitative estimate of drug-likeness (QED) is 0.539. The van der Waals surface area contributed by atoms with Crippen molar-refractivity contribution in [1.29, 1.82) is 0 Å². The lowest BCUT2D eigenvalue weighted by Gasteiger charge is -2.13. The van der Waals surface area contributed by atoms with Crippen molar-refractivity contribution in [3.63, 3.8) is 0 Å². The van der Waals surface area contributed by atoms with Crippen molar-refractivity contribution in [2.75, 3.05) is 0 Å². The van der Waals surface area contributed by atoms with Crippen LogP contribution in [0.4, 0.5) is 0 Å². The molecule has 0 radical (unpaired) electrons. The second-order valence-corrected chi connectivity index (χ2v) is 3.92. The Labute approximate surface area is 104 Å². The first-order chi connectivity index (χ1) is 8.88. The molecule has 0 aliphatic carbocycles. The molecule has 5 nitrogen and oxygen atoms in total. The summed E-state index contributed by atoms with van der Waals surface area (Å²) in [5.74, 6) is 6.36. The lowest BCUT2D eigenvalue weighted by atomic mass is 10.0. The lowest BCUT2D eigenvalue weighted by molar-refractivity contribution is 0.452. The van der Waals surface area contributed by atoms with Crippen LogP contribution in [0, 0.1) is 0 Å². The molecule has 1 aromatic carbocycles. The zero-order chi connectivity index (χ0) is 12.4. The molecule has 3 aromatic rings. The van der Waals surface area contributed by atoms with E-state index in [0.29, 0.717) is 0 Å². The molecule has 90 valence electrons. The van der Waals surface area contributed by atoms with E-state index in [1.165, 1.54) is 0 Å². The Balaban J connectivity index is 2.07. The van der Waals surface area contributed by atoms with Gasteiger partial charge in [-0.05, 0) is 29.8 Å². The van der Waals surface area contributed by atoms with E-state index in [1.807, 2.05) is 30.3 Å². The summed E-state index contributed by atoms with van der Waals surface area (Å²) < 4.78 is 5.37. The number of aromatic nitrogens is 2. The summed E-state index contributed by atoms with van der Waals surface area (Å²) in [5.41, 5.74) is 5.42. The smallest absolute Gasteiger partial charge is 0.126 e. The molecule has 0 aliphatic heterocycles. The molecule has 1 atom stereocenters. The first-order valence-electron chi connectivity index (χ1n) is 5.58. The summed E-state index contributed by atoms with van der Waals surface area (Å²) in [7, 11) is 0. The molecule has 0 saturated heterocycles. The van der Waals surface area contributed by atoms with Crippen LogP contribution in [0.15, 0.2) is 53.4 Å². The van der Waals surface area contributed by atoms with Gasteiger partial charge in [-0.1, -0.05) is 6.07 Å². The van der Waals surface area contributed by atoms with Crippen LogP contribution in [0.1, 0.15) is 17.4 Å². The molecule has 18 heavy (non-hydrogen) atoms. The fraction of sp³-hybridized carbons (Fsp3) is 0.0769. The number of furan rings is 1. The Morgan fingerprint density at radius 3 is 2.67 bits per heavy atom. The number of nitrogens with zero attached hydrogens (tertiary/aromatic N) is 2. The van der Waals surface area contributed by atoms with Gasteiger partial charge in [0.1, 0.15) is 11.8 Å². The monoisotopic (exact) mass is 240 g/mol. The summed E-state index contributed by atoms with van der Waals surface area (Å²) in [6.45, 7) is 0. The summed E-state index contributed by atoms with van der Waals surface area (Å²) >= 11 is 0.